The number of hydrogen-bond donors (Lipinski definition) is 3. The van der Waals surface area contributed by atoms with E-state index >= 15 is 0 Å². The van der Waals surface area contributed by atoms with Crippen molar-refractivity contribution in [2.45, 2.75) is 12.5 Å². The summed E-state index contributed by atoms with van der Waals surface area (Å²) in [7, 11) is 1.53. The van der Waals surface area contributed by atoms with Crippen LogP contribution in [0.4, 0.5) is 0 Å². The molecule has 0 aromatic rings. The second-order valence-corrected chi connectivity index (χ2v) is 4.33. The Hall–Kier alpha value is -1.67. The first-order valence-corrected chi connectivity index (χ1v) is 5.91. The normalized spacial score (nSPS) is 20.4. The molecule has 1 heterocycles. The number of aliphatic carboxylic acids is 1. The lowest BCUT2D eigenvalue weighted by atomic mass is 10.1. The molecule has 8 heteroatoms. The molecule has 1 fully saturated rings. The van der Waals surface area contributed by atoms with Gasteiger partial charge >= 0.3 is 5.97 Å². The number of aliphatic hydroxyl groups is 1. The monoisotopic (exact) mass is 274 g/mol. The summed E-state index contributed by atoms with van der Waals surface area (Å²) in [5.74, 6) is -2.46. The third kappa shape index (κ3) is 4.49. The molecule has 8 nitrogen and oxygen atoms in total. The molecule has 1 aliphatic rings. The van der Waals surface area contributed by atoms with Gasteiger partial charge in [0.25, 0.3) is 0 Å². The topological polar surface area (TPSA) is 116 Å². The van der Waals surface area contributed by atoms with E-state index in [9.17, 15) is 14.4 Å². The van der Waals surface area contributed by atoms with Crippen LogP contribution in [0.1, 0.15) is 6.42 Å². The van der Waals surface area contributed by atoms with E-state index in [4.69, 9.17) is 14.9 Å². The number of rotatable bonds is 7. The van der Waals surface area contributed by atoms with Crippen molar-refractivity contribution in [1.82, 2.24) is 10.2 Å². The summed E-state index contributed by atoms with van der Waals surface area (Å²) in [5.41, 5.74) is 0. The minimum atomic E-state index is -1.63. The lowest BCUT2D eigenvalue weighted by molar-refractivity contribution is -0.146. The van der Waals surface area contributed by atoms with E-state index in [1.54, 1.807) is 0 Å². The third-order valence-corrected chi connectivity index (χ3v) is 2.91. The van der Waals surface area contributed by atoms with Gasteiger partial charge < -0.3 is 25.2 Å². The van der Waals surface area contributed by atoms with Crippen LogP contribution in [0.5, 0.6) is 0 Å². The first kappa shape index (κ1) is 15.4. The summed E-state index contributed by atoms with van der Waals surface area (Å²) in [6.07, 6.45) is -1.54. The second-order valence-electron chi connectivity index (χ2n) is 4.33. The van der Waals surface area contributed by atoms with Crippen molar-refractivity contribution >= 4 is 17.8 Å². The summed E-state index contributed by atoms with van der Waals surface area (Å²) in [5, 5.41) is 19.8. The summed E-state index contributed by atoms with van der Waals surface area (Å²) in [6.45, 7) is 0.753. The van der Waals surface area contributed by atoms with Gasteiger partial charge in [0.05, 0.1) is 19.1 Å². The first-order chi connectivity index (χ1) is 8.95. The number of amides is 2. The minimum Gasteiger partial charge on any atom is -0.479 e. The number of likely N-dealkylation sites (tertiary alicyclic amines) is 1. The van der Waals surface area contributed by atoms with Crippen molar-refractivity contribution in [3.63, 3.8) is 0 Å². The van der Waals surface area contributed by atoms with Gasteiger partial charge in [-0.2, -0.15) is 0 Å². The molecule has 2 unspecified atom stereocenters. The van der Waals surface area contributed by atoms with E-state index in [2.05, 4.69) is 5.32 Å². The van der Waals surface area contributed by atoms with Gasteiger partial charge in [-0.15, -0.1) is 0 Å². The largest absolute Gasteiger partial charge is 0.479 e. The maximum Gasteiger partial charge on any atom is 0.334 e. The highest BCUT2D eigenvalue weighted by atomic mass is 16.5. The molecule has 0 spiro atoms. The molecule has 108 valence electrons. The number of carboxylic acid groups (broad SMARTS) is 1. The number of nitrogens with one attached hydrogen (secondary N) is 1. The van der Waals surface area contributed by atoms with E-state index < -0.39 is 23.9 Å². The fourth-order valence-electron chi connectivity index (χ4n) is 1.79. The van der Waals surface area contributed by atoms with Gasteiger partial charge in [-0.1, -0.05) is 0 Å². The molecule has 0 radical (unpaired) electrons. The van der Waals surface area contributed by atoms with Crippen LogP contribution in [-0.2, 0) is 19.1 Å². The summed E-state index contributed by atoms with van der Waals surface area (Å²) in [4.78, 5) is 35.2. The lowest BCUT2D eigenvalue weighted by Crippen LogP contribution is -2.40. The highest BCUT2D eigenvalue weighted by molar-refractivity contribution is 5.89. The average molecular weight is 274 g/mol. The molecule has 19 heavy (non-hydrogen) atoms. The van der Waals surface area contributed by atoms with E-state index in [1.165, 1.54) is 12.0 Å². The predicted molar refractivity (Wildman–Crippen MR) is 63.2 cm³/mol. The highest BCUT2D eigenvalue weighted by Crippen LogP contribution is 2.17. The molecule has 2 atom stereocenters. The third-order valence-electron chi connectivity index (χ3n) is 2.91. The van der Waals surface area contributed by atoms with Crippen LogP contribution < -0.4 is 5.32 Å². The van der Waals surface area contributed by atoms with Crippen LogP contribution in [-0.4, -0.2) is 72.4 Å². The van der Waals surface area contributed by atoms with Crippen molar-refractivity contribution in [2.24, 2.45) is 5.92 Å². The van der Waals surface area contributed by atoms with Gasteiger partial charge in [-0.05, 0) is 0 Å². The molecule has 0 saturated carbocycles. The van der Waals surface area contributed by atoms with Crippen LogP contribution in [0.3, 0.4) is 0 Å². The molecule has 3 N–H and O–H groups in total. The van der Waals surface area contributed by atoms with Gasteiger partial charge in [0.1, 0.15) is 0 Å². The van der Waals surface area contributed by atoms with Gasteiger partial charge in [-0.3, -0.25) is 9.59 Å². The molecule has 1 saturated heterocycles. The summed E-state index contributed by atoms with van der Waals surface area (Å²) in [6, 6.07) is 0. The predicted octanol–water partition coefficient (Wildman–Crippen LogP) is -1.96. The van der Waals surface area contributed by atoms with Crippen molar-refractivity contribution in [3.05, 3.63) is 0 Å². The fraction of sp³-hybridized carbons (Fsp3) is 0.727. The molecule has 1 aliphatic heterocycles. The number of nitrogens with zero attached hydrogens (tertiary/aromatic N) is 1. The molecule has 0 bridgehead atoms. The smallest absolute Gasteiger partial charge is 0.334 e. The van der Waals surface area contributed by atoms with Crippen molar-refractivity contribution in [2.75, 3.05) is 33.4 Å². The molecule has 1 rings (SSSR count). The molecule has 0 aromatic heterocycles. The van der Waals surface area contributed by atoms with E-state index in [-0.39, 0.29) is 25.4 Å². The highest BCUT2D eigenvalue weighted by Gasteiger charge is 2.34. The standard InChI is InChI=1S/C11H18N2O6/c1-19-3-2-13-6-7(4-9(13)15)10(16)12-5-8(14)11(17)18/h7-8,14H,2-6H2,1H3,(H,12,16)(H,17,18). The van der Waals surface area contributed by atoms with Gasteiger partial charge in [-0.25, -0.2) is 4.79 Å². The number of ether oxygens (including phenoxy) is 1. The summed E-state index contributed by atoms with van der Waals surface area (Å²) >= 11 is 0. The lowest BCUT2D eigenvalue weighted by Gasteiger charge is -2.16. The SMILES string of the molecule is COCCN1CC(C(=O)NCC(O)C(=O)O)CC1=O. The van der Waals surface area contributed by atoms with Crippen LogP contribution >= 0.6 is 0 Å². The zero-order valence-electron chi connectivity index (χ0n) is 10.7. The number of aliphatic hydroxyl groups excluding tert-OH is 1. The van der Waals surface area contributed by atoms with E-state index in [0.717, 1.165) is 0 Å². The zero-order valence-corrected chi connectivity index (χ0v) is 10.7. The van der Waals surface area contributed by atoms with E-state index in [0.29, 0.717) is 13.2 Å². The first-order valence-electron chi connectivity index (χ1n) is 5.91. The summed E-state index contributed by atoms with van der Waals surface area (Å²) < 4.78 is 4.86. The Kier molecular flexibility index (Phi) is 5.71. The van der Waals surface area contributed by atoms with Crippen LogP contribution in [0.2, 0.25) is 0 Å². The molecule has 2 amide bonds. The van der Waals surface area contributed by atoms with Gasteiger partial charge in [0.15, 0.2) is 6.10 Å². The average Bonchev–Trinajstić information content (AvgIpc) is 2.74. The number of carbonyl (C=O) groups is 3. The Morgan fingerprint density at radius 2 is 2.26 bits per heavy atom. The minimum absolute atomic E-state index is 0.0959. The molecule has 0 aliphatic carbocycles. The quantitative estimate of drug-likeness (QED) is 0.496. The number of methoxy groups -OCH3 is 1. The number of hydrogen-bond acceptors (Lipinski definition) is 5. The molecular weight excluding hydrogens is 256 g/mol. The van der Waals surface area contributed by atoms with Crippen molar-refractivity contribution in [3.8, 4) is 0 Å². The Balaban J connectivity index is 2.38. The fourth-order valence-corrected chi connectivity index (χ4v) is 1.79. The number of carbonyl (C=O) groups excluding carboxylic acids is 2. The number of carboxylic acids is 1. The van der Waals surface area contributed by atoms with Crippen LogP contribution in [0, 0.1) is 5.92 Å². The second kappa shape index (κ2) is 7.05. The Labute approximate surface area is 110 Å². The maximum atomic E-state index is 11.7. The van der Waals surface area contributed by atoms with Gasteiger partial charge in [0.2, 0.25) is 11.8 Å². The Morgan fingerprint density at radius 1 is 1.58 bits per heavy atom. The van der Waals surface area contributed by atoms with Crippen molar-refractivity contribution < 1.29 is 29.3 Å². The van der Waals surface area contributed by atoms with Crippen LogP contribution in [0.25, 0.3) is 0 Å². The van der Waals surface area contributed by atoms with Gasteiger partial charge in [0, 0.05) is 26.6 Å². The Bertz CT molecular complexity index is 359. The van der Waals surface area contributed by atoms with Crippen molar-refractivity contribution in [1.29, 1.82) is 0 Å². The molecule has 0 aromatic carbocycles. The zero-order chi connectivity index (χ0) is 14.4. The Morgan fingerprint density at radius 3 is 2.84 bits per heavy atom. The maximum absolute atomic E-state index is 11.7. The molecular formula is C11H18N2O6. The van der Waals surface area contributed by atoms with E-state index in [1.807, 2.05) is 0 Å². The van der Waals surface area contributed by atoms with Crippen LogP contribution in [0.15, 0.2) is 0 Å².